The van der Waals surface area contributed by atoms with Gasteiger partial charge in [0.1, 0.15) is 0 Å². The minimum Gasteiger partial charge on any atom is -0.340 e. The number of carbonyl (C=O) groups is 1. The Hall–Kier alpha value is -0.610. The standard InChI is InChI=1S/C10H19N3O/c11-8-10(14)13-5-1-4-12(6-7-13)9-2-3-9/h9H,1-8,11H2. The molecule has 0 aromatic rings. The molecule has 2 aliphatic rings. The zero-order valence-corrected chi connectivity index (χ0v) is 8.61. The van der Waals surface area contributed by atoms with E-state index in [4.69, 9.17) is 5.73 Å². The van der Waals surface area contributed by atoms with Crippen LogP contribution < -0.4 is 5.73 Å². The lowest BCUT2D eigenvalue weighted by Crippen LogP contribution is -2.39. The molecule has 4 nitrogen and oxygen atoms in total. The van der Waals surface area contributed by atoms with E-state index >= 15 is 0 Å². The number of hydrogen-bond acceptors (Lipinski definition) is 3. The van der Waals surface area contributed by atoms with Crippen molar-refractivity contribution in [1.82, 2.24) is 9.80 Å². The van der Waals surface area contributed by atoms with Gasteiger partial charge in [-0.25, -0.2) is 0 Å². The first-order valence-electron chi connectivity index (χ1n) is 5.53. The Morgan fingerprint density at radius 3 is 2.64 bits per heavy atom. The Morgan fingerprint density at radius 1 is 1.21 bits per heavy atom. The summed E-state index contributed by atoms with van der Waals surface area (Å²) in [4.78, 5) is 15.8. The largest absolute Gasteiger partial charge is 0.340 e. The summed E-state index contributed by atoms with van der Waals surface area (Å²) in [5, 5.41) is 0. The maximum Gasteiger partial charge on any atom is 0.236 e. The first kappa shape index (κ1) is 9.93. The van der Waals surface area contributed by atoms with Crippen molar-refractivity contribution in [3.63, 3.8) is 0 Å². The van der Waals surface area contributed by atoms with E-state index in [0.29, 0.717) is 0 Å². The SMILES string of the molecule is NCC(=O)N1CCCN(C2CC2)CC1. The van der Waals surface area contributed by atoms with E-state index in [1.165, 1.54) is 12.8 Å². The number of nitrogens with two attached hydrogens (primary N) is 1. The maximum atomic E-state index is 11.4. The molecular formula is C10H19N3O. The second kappa shape index (κ2) is 4.28. The van der Waals surface area contributed by atoms with Crippen molar-refractivity contribution < 1.29 is 4.79 Å². The van der Waals surface area contributed by atoms with Crippen molar-refractivity contribution in [3.8, 4) is 0 Å². The predicted octanol–water partition coefficient (Wildman–Crippen LogP) is -0.358. The van der Waals surface area contributed by atoms with Gasteiger partial charge >= 0.3 is 0 Å². The second-order valence-corrected chi connectivity index (χ2v) is 4.21. The van der Waals surface area contributed by atoms with Crippen molar-refractivity contribution in [2.45, 2.75) is 25.3 Å². The van der Waals surface area contributed by atoms with E-state index in [1.807, 2.05) is 4.90 Å². The number of hydrogen-bond donors (Lipinski definition) is 1. The molecule has 0 spiro atoms. The van der Waals surface area contributed by atoms with Gasteiger partial charge in [-0.15, -0.1) is 0 Å². The fourth-order valence-electron chi connectivity index (χ4n) is 2.12. The normalized spacial score (nSPS) is 24.8. The molecule has 0 radical (unpaired) electrons. The molecule has 2 N–H and O–H groups in total. The second-order valence-electron chi connectivity index (χ2n) is 4.21. The summed E-state index contributed by atoms with van der Waals surface area (Å²) in [7, 11) is 0. The molecule has 2 fully saturated rings. The van der Waals surface area contributed by atoms with E-state index in [-0.39, 0.29) is 12.5 Å². The van der Waals surface area contributed by atoms with Crippen LogP contribution in [0.15, 0.2) is 0 Å². The van der Waals surface area contributed by atoms with Gasteiger partial charge in [0.05, 0.1) is 6.54 Å². The molecule has 1 aliphatic heterocycles. The number of amides is 1. The van der Waals surface area contributed by atoms with Crippen molar-refractivity contribution in [2.75, 3.05) is 32.7 Å². The Bertz CT molecular complexity index is 215. The highest BCUT2D eigenvalue weighted by molar-refractivity contribution is 5.78. The van der Waals surface area contributed by atoms with Gasteiger partial charge in [0, 0.05) is 32.2 Å². The Labute approximate surface area is 85.0 Å². The number of rotatable bonds is 2. The van der Waals surface area contributed by atoms with Crippen LogP contribution in [0.25, 0.3) is 0 Å². The molecule has 1 heterocycles. The smallest absolute Gasteiger partial charge is 0.236 e. The lowest BCUT2D eigenvalue weighted by Gasteiger charge is -2.21. The highest BCUT2D eigenvalue weighted by atomic mass is 16.2. The van der Waals surface area contributed by atoms with Gasteiger partial charge in [0.2, 0.25) is 5.91 Å². The quantitative estimate of drug-likeness (QED) is 0.658. The highest BCUT2D eigenvalue weighted by Gasteiger charge is 2.30. The van der Waals surface area contributed by atoms with E-state index in [9.17, 15) is 4.79 Å². The first-order valence-corrected chi connectivity index (χ1v) is 5.53. The molecular weight excluding hydrogens is 178 g/mol. The molecule has 1 saturated carbocycles. The number of carbonyl (C=O) groups excluding carboxylic acids is 1. The first-order chi connectivity index (χ1) is 6.81. The van der Waals surface area contributed by atoms with Gasteiger partial charge in [-0.05, 0) is 19.3 Å². The monoisotopic (exact) mass is 197 g/mol. The number of nitrogens with zero attached hydrogens (tertiary/aromatic N) is 2. The minimum atomic E-state index is 0.0997. The van der Waals surface area contributed by atoms with Crippen LogP contribution in [-0.4, -0.2) is 54.5 Å². The van der Waals surface area contributed by atoms with Gasteiger partial charge in [-0.1, -0.05) is 0 Å². The van der Waals surface area contributed by atoms with Crippen molar-refractivity contribution in [3.05, 3.63) is 0 Å². The van der Waals surface area contributed by atoms with E-state index in [2.05, 4.69) is 4.90 Å². The van der Waals surface area contributed by atoms with E-state index in [1.54, 1.807) is 0 Å². The van der Waals surface area contributed by atoms with Crippen LogP contribution in [0.1, 0.15) is 19.3 Å². The van der Waals surface area contributed by atoms with Crippen LogP contribution in [0.3, 0.4) is 0 Å². The fraction of sp³-hybridized carbons (Fsp3) is 0.900. The molecule has 0 aromatic heterocycles. The molecule has 2 rings (SSSR count). The van der Waals surface area contributed by atoms with Crippen molar-refractivity contribution in [2.24, 2.45) is 5.73 Å². The Balaban J connectivity index is 1.84. The lowest BCUT2D eigenvalue weighted by atomic mass is 10.3. The molecule has 0 bridgehead atoms. The van der Waals surface area contributed by atoms with Gasteiger partial charge < -0.3 is 10.6 Å². The van der Waals surface area contributed by atoms with Crippen LogP contribution in [0.2, 0.25) is 0 Å². The Morgan fingerprint density at radius 2 is 2.00 bits per heavy atom. The van der Waals surface area contributed by atoms with Gasteiger partial charge in [-0.2, -0.15) is 0 Å². The van der Waals surface area contributed by atoms with E-state index < -0.39 is 0 Å². The third kappa shape index (κ3) is 2.25. The summed E-state index contributed by atoms with van der Waals surface area (Å²) in [5.74, 6) is 0.0997. The molecule has 4 heteroatoms. The van der Waals surface area contributed by atoms with Gasteiger partial charge in [0.15, 0.2) is 0 Å². The molecule has 1 amide bonds. The third-order valence-corrected chi connectivity index (χ3v) is 3.12. The molecule has 1 aliphatic carbocycles. The van der Waals surface area contributed by atoms with Gasteiger partial charge in [-0.3, -0.25) is 9.69 Å². The zero-order valence-electron chi connectivity index (χ0n) is 8.61. The van der Waals surface area contributed by atoms with Gasteiger partial charge in [0.25, 0.3) is 0 Å². The topological polar surface area (TPSA) is 49.6 Å². The average Bonchev–Trinajstić information content (AvgIpc) is 3.01. The van der Waals surface area contributed by atoms with Crippen molar-refractivity contribution >= 4 is 5.91 Å². The van der Waals surface area contributed by atoms with Crippen LogP contribution >= 0.6 is 0 Å². The van der Waals surface area contributed by atoms with Crippen LogP contribution in [0, 0.1) is 0 Å². The Kier molecular flexibility index (Phi) is 3.03. The molecule has 80 valence electrons. The predicted molar refractivity (Wildman–Crippen MR) is 54.8 cm³/mol. The summed E-state index contributed by atoms with van der Waals surface area (Å²) in [6, 6.07) is 0.822. The third-order valence-electron chi connectivity index (χ3n) is 3.12. The zero-order chi connectivity index (χ0) is 9.97. The van der Waals surface area contributed by atoms with Crippen LogP contribution in [0.5, 0.6) is 0 Å². The van der Waals surface area contributed by atoms with Crippen LogP contribution in [-0.2, 0) is 4.79 Å². The molecule has 14 heavy (non-hydrogen) atoms. The molecule has 1 saturated heterocycles. The van der Waals surface area contributed by atoms with E-state index in [0.717, 1.165) is 38.6 Å². The summed E-state index contributed by atoms with van der Waals surface area (Å²) < 4.78 is 0. The summed E-state index contributed by atoms with van der Waals surface area (Å²) in [5.41, 5.74) is 5.36. The minimum absolute atomic E-state index is 0.0997. The molecule has 0 aromatic carbocycles. The highest BCUT2D eigenvalue weighted by Crippen LogP contribution is 2.27. The summed E-state index contributed by atoms with van der Waals surface area (Å²) in [6.45, 7) is 4.10. The maximum absolute atomic E-state index is 11.4. The average molecular weight is 197 g/mol. The summed E-state index contributed by atoms with van der Waals surface area (Å²) in [6.07, 6.45) is 3.80. The molecule has 0 unspecified atom stereocenters. The fourth-order valence-corrected chi connectivity index (χ4v) is 2.12. The van der Waals surface area contributed by atoms with Crippen LogP contribution in [0.4, 0.5) is 0 Å². The van der Waals surface area contributed by atoms with Crippen molar-refractivity contribution in [1.29, 1.82) is 0 Å². The lowest BCUT2D eigenvalue weighted by molar-refractivity contribution is -0.129. The molecule has 0 atom stereocenters. The summed E-state index contributed by atoms with van der Waals surface area (Å²) >= 11 is 0.